The van der Waals surface area contributed by atoms with E-state index in [4.69, 9.17) is 0 Å². The highest BCUT2D eigenvalue weighted by atomic mass is 19.4. The summed E-state index contributed by atoms with van der Waals surface area (Å²) in [5, 5.41) is 4.63. The van der Waals surface area contributed by atoms with Gasteiger partial charge in [0.05, 0.1) is 17.7 Å². The molecule has 154 valence electrons. The van der Waals surface area contributed by atoms with Crippen LogP contribution in [0.5, 0.6) is 0 Å². The van der Waals surface area contributed by atoms with Crippen LogP contribution in [0.15, 0.2) is 72.8 Å². The monoisotopic (exact) mass is 412 g/mol. The van der Waals surface area contributed by atoms with Gasteiger partial charge in [-0.2, -0.15) is 13.2 Å². The quantitative estimate of drug-likeness (QED) is 0.580. The predicted octanol–water partition coefficient (Wildman–Crippen LogP) is 5.51. The molecule has 0 spiro atoms. The van der Waals surface area contributed by atoms with Crippen molar-refractivity contribution < 1.29 is 22.8 Å². The molecule has 7 heteroatoms. The summed E-state index contributed by atoms with van der Waals surface area (Å²) in [4.78, 5) is 23.4. The Morgan fingerprint density at radius 2 is 1.47 bits per heavy atom. The summed E-state index contributed by atoms with van der Waals surface area (Å²) in [6.07, 6.45) is -4.76. The maximum atomic E-state index is 13.4. The molecule has 0 atom stereocenters. The molecule has 3 aromatic rings. The van der Waals surface area contributed by atoms with Crippen molar-refractivity contribution in [2.75, 3.05) is 10.6 Å². The predicted molar refractivity (Wildman–Crippen MR) is 110 cm³/mol. The Labute approximate surface area is 171 Å². The lowest BCUT2D eigenvalue weighted by atomic mass is 10.0. The summed E-state index contributed by atoms with van der Waals surface area (Å²) >= 11 is 0. The number of anilines is 2. The number of carbonyl (C=O) groups is 2. The highest BCUT2D eigenvalue weighted by Gasteiger charge is 2.34. The van der Waals surface area contributed by atoms with Gasteiger partial charge in [0.1, 0.15) is 0 Å². The van der Waals surface area contributed by atoms with Crippen LogP contribution in [0.2, 0.25) is 0 Å². The van der Waals surface area contributed by atoms with E-state index in [1.807, 2.05) is 42.5 Å². The number of alkyl halides is 3. The molecule has 0 aliphatic heterocycles. The fraction of sp³-hybridized carbons (Fsp3) is 0.130. The second-order valence-corrected chi connectivity index (χ2v) is 6.73. The van der Waals surface area contributed by atoms with Gasteiger partial charge in [0.15, 0.2) is 0 Å². The fourth-order valence-corrected chi connectivity index (χ4v) is 2.99. The van der Waals surface area contributed by atoms with Gasteiger partial charge in [-0.25, -0.2) is 0 Å². The number of hydrogen-bond acceptors (Lipinski definition) is 2. The molecule has 0 aromatic heterocycles. The van der Waals surface area contributed by atoms with E-state index in [2.05, 4.69) is 10.6 Å². The molecule has 0 aliphatic rings. The zero-order valence-electron chi connectivity index (χ0n) is 16.1. The van der Waals surface area contributed by atoms with Crippen molar-refractivity contribution >= 4 is 23.2 Å². The fourth-order valence-electron chi connectivity index (χ4n) is 2.99. The second-order valence-electron chi connectivity index (χ2n) is 6.73. The van der Waals surface area contributed by atoms with Crippen molar-refractivity contribution in [3.8, 4) is 11.1 Å². The maximum absolute atomic E-state index is 13.4. The maximum Gasteiger partial charge on any atom is 0.418 e. The van der Waals surface area contributed by atoms with Crippen LogP contribution in [0.3, 0.4) is 0 Å². The van der Waals surface area contributed by atoms with Crippen molar-refractivity contribution in [3.63, 3.8) is 0 Å². The number of amides is 2. The van der Waals surface area contributed by atoms with Crippen LogP contribution in [-0.2, 0) is 22.2 Å². The Kier molecular flexibility index (Phi) is 6.20. The van der Waals surface area contributed by atoms with E-state index >= 15 is 0 Å². The third-order valence-corrected chi connectivity index (χ3v) is 4.35. The average molecular weight is 412 g/mol. The molecule has 4 nitrogen and oxygen atoms in total. The van der Waals surface area contributed by atoms with Gasteiger partial charge >= 0.3 is 6.18 Å². The molecule has 3 aromatic carbocycles. The molecule has 2 amide bonds. The topological polar surface area (TPSA) is 58.2 Å². The number of benzene rings is 3. The second kappa shape index (κ2) is 8.82. The molecule has 30 heavy (non-hydrogen) atoms. The van der Waals surface area contributed by atoms with E-state index in [1.54, 1.807) is 12.1 Å². The molecule has 0 aliphatic carbocycles. The Balaban J connectivity index is 1.73. The lowest BCUT2D eigenvalue weighted by Gasteiger charge is -2.15. The molecule has 3 rings (SSSR count). The van der Waals surface area contributed by atoms with Gasteiger partial charge in [0, 0.05) is 12.6 Å². The molecule has 0 heterocycles. The first-order valence-corrected chi connectivity index (χ1v) is 9.15. The van der Waals surface area contributed by atoms with Crippen LogP contribution < -0.4 is 10.6 Å². The number of rotatable bonds is 5. The standard InChI is InChI=1S/C23H19F3N2O2/c1-15(29)27-19-11-12-21(20(14-19)23(24,25)26)28-22(30)13-16-7-9-18(10-8-16)17-5-3-2-4-6-17/h2-12,14H,13H2,1H3,(H,27,29)(H,28,30). The highest BCUT2D eigenvalue weighted by molar-refractivity contribution is 5.94. The molecular weight excluding hydrogens is 393 g/mol. The smallest absolute Gasteiger partial charge is 0.326 e. The minimum Gasteiger partial charge on any atom is -0.326 e. The summed E-state index contributed by atoms with van der Waals surface area (Å²) < 4.78 is 40.2. The van der Waals surface area contributed by atoms with Crippen molar-refractivity contribution in [1.82, 2.24) is 0 Å². The first kappa shape index (κ1) is 21.1. The molecule has 0 unspecified atom stereocenters. The Morgan fingerprint density at radius 3 is 2.07 bits per heavy atom. The molecule has 0 radical (unpaired) electrons. The van der Waals surface area contributed by atoms with E-state index in [1.165, 1.54) is 13.0 Å². The zero-order valence-corrected chi connectivity index (χ0v) is 16.1. The van der Waals surface area contributed by atoms with Crippen LogP contribution >= 0.6 is 0 Å². The summed E-state index contributed by atoms with van der Waals surface area (Å²) in [6, 6.07) is 20.2. The van der Waals surface area contributed by atoms with Crippen LogP contribution in [-0.4, -0.2) is 11.8 Å². The van der Waals surface area contributed by atoms with Gasteiger partial charge < -0.3 is 10.6 Å². The van der Waals surface area contributed by atoms with Crippen LogP contribution in [0, 0.1) is 0 Å². The minimum atomic E-state index is -4.69. The molecule has 0 saturated carbocycles. The third-order valence-electron chi connectivity index (χ3n) is 4.35. The van der Waals surface area contributed by atoms with Gasteiger partial charge in [-0.15, -0.1) is 0 Å². The number of carbonyl (C=O) groups excluding carboxylic acids is 2. The molecule has 0 fully saturated rings. The average Bonchev–Trinajstić information content (AvgIpc) is 2.69. The Morgan fingerprint density at radius 1 is 0.833 bits per heavy atom. The van der Waals surface area contributed by atoms with Gasteiger partial charge in [0.2, 0.25) is 11.8 Å². The van der Waals surface area contributed by atoms with Crippen molar-refractivity contribution in [1.29, 1.82) is 0 Å². The largest absolute Gasteiger partial charge is 0.418 e. The van der Waals surface area contributed by atoms with E-state index in [9.17, 15) is 22.8 Å². The molecule has 2 N–H and O–H groups in total. The van der Waals surface area contributed by atoms with E-state index in [-0.39, 0.29) is 17.8 Å². The SMILES string of the molecule is CC(=O)Nc1ccc(NC(=O)Cc2ccc(-c3ccccc3)cc2)c(C(F)(F)F)c1. The Hall–Kier alpha value is -3.61. The first-order chi connectivity index (χ1) is 14.2. The summed E-state index contributed by atoms with van der Waals surface area (Å²) in [5.74, 6) is -1.06. The number of nitrogens with one attached hydrogen (secondary N) is 2. The van der Waals surface area contributed by atoms with Crippen LogP contribution in [0.4, 0.5) is 24.5 Å². The van der Waals surface area contributed by atoms with Gasteiger partial charge in [-0.1, -0.05) is 54.6 Å². The lowest BCUT2D eigenvalue weighted by Crippen LogP contribution is -2.19. The van der Waals surface area contributed by atoms with E-state index in [0.717, 1.165) is 23.3 Å². The van der Waals surface area contributed by atoms with Gasteiger partial charge in [-0.3, -0.25) is 9.59 Å². The summed E-state index contributed by atoms with van der Waals surface area (Å²) in [6.45, 7) is 1.20. The van der Waals surface area contributed by atoms with Crippen LogP contribution in [0.25, 0.3) is 11.1 Å². The van der Waals surface area contributed by atoms with Crippen molar-refractivity contribution in [2.45, 2.75) is 19.5 Å². The Bertz CT molecular complexity index is 1050. The highest BCUT2D eigenvalue weighted by Crippen LogP contribution is 2.36. The molecule has 0 bridgehead atoms. The number of halogens is 3. The third kappa shape index (κ3) is 5.47. The van der Waals surface area contributed by atoms with E-state index < -0.39 is 23.6 Å². The zero-order chi connectivity index (χ0) is 21.7. The minimum absolute atomic E-state index is 0.00400. The molecule has 0 saturated heterocycles. The summed E-state index contributed by atoms with van der Waals surface area (Å²) in [7, 11) is 0. The van der Waals surface area contributed by atoms with Crippen LogP contribution in [0.1, 0.15) is 18.1 Å². The van der Waals surface area contributed by atoms with Crippen molar-refractivity contribution in [3.05, 3.63) is 83.9 Å². The van der Waals surface area contributed by atoms with Gasteiger partial charge in [0.25, 0.3) is 0 Å². The van der Waals surface area contributed by atoms with E-state index in [0.29, 0.717) is 5.56 Å². The number of hydrogen-bond donors (Lipinski definition) is 2. The van der Waals surface area contributed by atoms with Crippen molar-refractivity contribution in [2.24, 2.45) is 0 Å². The molecular formula is C23H19F3N2O2. The first-order valence-electron chi connectivity index (χ1n) is 9.15. The normalized spacial score (nSPS) is 11.1. The lowest BCUT2D eigenvalue weighted by molar-refractivity contribution is -0.137. The summed E-state index contributed by atoms with van der Waals surface area (Å²) in [5.41, 5.74) is 1.30. The van der Waals surface area contributed by atoms with Gasteiger partial charge in [-0.05, 0) is 34.9 Å².